The number of hydrogen-bond acceptors (Lipinski definition) is 0. The molecule has 126 valence electrons. The molecule has 0 saturated carbocycles. The lowest BCUT2D eigenvalue weighted by Gasteiger charge is -2.15. The van der Waals surface area contributed by atoms with Gasteiger partial charge in [0.25, 0.3) is 0 Å². The highest BCUT2D eigenvalue weighted by Gasteiger charge is 2.24. The van der Waals surface area contributed by atoms with Gasteiger partial charge in [-0.25, -0.2) is 0 Å². The molecule has 0 unspecified atom stereocenters. The molecule has 3 aromatic rings. The van der Waals surface area contributed by atoms with Gasteiger partial charge in [-0.15, -0.1) is 0 Å². The summed E-state index contributed by atoms with van der Waals surface area (Å²) in [6.45, 7) is 4.60. The van der Waals surface area contributed by atoms with Crippen LogP contribution in [0.25, 0.3) is 27.5 Å². The molecule has 0 aliphatic heterocycles. The highest BCUT2D eigenvalue weighted by atomic mass is 14.3. The van der Waals surface area contributed by atoms with Crippen LogP contribution in [0.2, 0.25) is 0 Å². The fourth-order valence-corrected chi connectivity index (χ4v) is 4.39. The third-order valence-electron chi connectivity index (χ3n) is 5.41. The Morgan fingerprint density at radius 1 is 0.720 bits per heavy atom. The van der Waals surface area contributed by atoms with Gasteiger partial charge in [-0.1, -0.05) is 92.9 Å². The van der Waals surface area contributed by atoms with E-state index in [1.807, 2.05) is 0 Å². The Labute approximate surface area is 151 Å². The molecule has 0 N–H and O–H groups in total. The van der Waals surface area contributed by atoms with Crippen molar-refractivity contribution in [3.05, 3.63) is 77.4 Å². The molecule has 0 bridgehead atoms. The predicted octanol–water partition coefficient (Wildman–Crippen LogP) is 7.42. The summed E-state index contributed by atoms with van der Waals surface area (Å²) in [7, 11) is 0. The molecular formula is C25H26. The summed E-state index contributed by atoms with van der Waals surface area (Å²) in [6.07, 6.45) is 6.03. The minimum absolute atomic E-state index is 1.15. The van der Waals surface area contributed by atoms with Gasteiger partial charge in [-0.05, 0) is 57.9 Å². The molecule has 0 radical (unpaired) electrons. The molecule has 0 fully saturated rings. The molecular weight excluding hydrogens is 300 g/mol. The average Bonchev–Trinajstić information content (AvgIpc) is 2.99. The molecule has 25 heavy (non-hydrogen) atoms. The maximum Gasteiger partial charge on any atom is -0.00548 e. The molecule has 1 aliphatic rings. The van der Waals surface area contributed by atoms with Crippen LogP contribution >= 0.6 is 0 Å². The minimum Gasteiger partial charge on any atom is -0.0651 e. The lowest BCUT2D eigenvalue weighted by Crippen LogP contribution is -1.92. The van der Waals surface area contributed by atoms with Crippen LogP contribution in [0.15, 0.2) is 66.2 Å². The van der Waals surface area contributed by atoms with Gasteiger partial charge in [0.2, 0.25) is 0 Å². The monoisotopic (exact) mass is 326 g/mol. The topological polar surface area (TPSA) is 0 Å². The molecule has 3 aromatic carbocycles. The van der Waals surface area contributed by atoms with Gasteiger partial charge in [-0.2, -0.15) is 0 Å². The first-order valence-electron chi connectivity index (χ1n) is 9.64. The van der Waals surface area contributed by atoms with E-state index in [-0.39, 0.29) is 0 Å². The molecule has 0 aromatic heterocycles. The summed E-state index contributed by atoms with van der Waals surface area (Å²) in [6, 6.07) is 22.4. The second kappa shape index (κ2) is 6.88. The second-order valence-electron chi connectivity index (χ2n) is 7.13. The van der Waals surface area contributed by atoms with Crippen molar-refractivity contribution in [1.82, 2.24) is 0 Å². The summed E-state index contributed by atoms with van der Waals surface area (Å²) >= 11 is 0. The highest BCUT2D eigenvalue weighted by Crippen LogP contribution is 2.44. The largest absolute Gasteiger partial charge is 0.0651 e. The van der Waals surface area contributed by atoms with Crippen LogP contribution in [-0.4, -0.2) is 0 Å². The minimum atomic E-state index is 1.15. The summed E-state index contributed by atoms with van der Waals surface area (Å²) in [5, 5.41) is 2.68. The van der Waals surface area contributed by atoms with Crippen molar-refractivity contribution in [1.29, 1.82) is 0 Å². The van der Waals surface area contributed by atoms with E-state index in [0.29, 0.717) is 0 Å². The number of hydrogen-bond donors (Lipinski definition) is 0. The van der Waals surface area contributed by atoms with Gasteiger partial charge < -0.3 is 0 Å². The van der Waals surface area contributed by atoms with Crippen LogP contribution in [0.3, 0.4) is 0 Å². The lowest BCUT2D eigenvalue weighted by molar-refractivity contribution is 0.871. The zero-order valence-corrected chi connectivity index (χ0v) is 15.3. The van der Waals surface area contributed by atoms with E-state index in [9.17, 15) is 0 Å². The average molecular weight is 326 g/mol. The van der Waals surface area contributed by atoms with Crippen molar-refractivity contribution in [3.8, 4) is 11.1 Å². The van der Waals surface area contributed by atoms with Crippen molar-refractivity contribution in [3.63, 3.8) is 0 Å². The molecule has 1 aliphatic carbocycles. The van der Waals surface area contributed by atoms with Crippen molar-refractivity contribution in [2.24, 2.45) is 0 Å². The SMILES string of the molecule is CCCC1=C(CCC)c2c(cccc2-c2cccc3ccccc23)C1. The van der Waals surface area contributed by atoms with E-state index < -0.39 is 0 Å². The third kappa shape index (κ3) is 2.80. The Balaban J connectivity index is 1.95. The lowest BCUT2D eigenvalue weighted by atomic mass is 9.89. The summed E-state index contributed by atoms with van der Waals surface area (Å²) in [5.74, 6) is 0. The quantitative estimate of drug-likeness (QED) is 0.457. The van der Waals surface area contributed by atoms with Crippen LogP contribution in [0.5, 0.6) is 0 Å². The Morgan fingerprint density at radius 2 is 1.44 bits per heavy atom. The first-order chi connectivity index (χ1) is 12.3. The van der Waals surface area contributed by atoms with Crippen molar-refractivity contribution < 1.29 is 0 Å². The van der Waals surface area contributed by atoms with Gasteiger partial charge in [0.05, 0.1) is 0 Å². The number of benzene rings is 3. The first kappa shape index (κ1) is 16.1. The molecule has 0 heterocycles. The van der Waals surface area contributed by atoms with E-state index in [1.165, 1.54) is 58.7 Å². The summed E-state index contributed by atoms with van der Waals surface area (Å²) in [5.41, 5.74) is 9.15. The van der Waals surface area contributed by atoms with Crippen LogP contribution in [0.1, 0.15) is 50.7 Å². The fourth-order valence-electron chi connectivity index (χ4n) is 4.39. The van der Waals surface area contributed by atoms with Crippen LogP contribution in [0.4, 0.5) is 0 Å². The van der Waals surface area contributed by atoms with Crippen LogP contribution < -0.4 is 0 Å². The Kier molecular flexibility index (Phi) is 4.44. The molecule has 0 atom stereocenters. The van der Waals surface area contributed by atoms with Crippen LogP contribution in [-0.2, 0) is 6.42 Å². The predicted molar refractivity (Wildman–Crippen MR) is 110 cm³/mol. The zero-order chi connectivity index (χ0) is 17.2. The maximum absolute atomic E-state index is 2.34. The second-order valence-corrected chi connectivity index (χ2v) is 7.13. The summed E-state index contributed by atoms with van der Waals surface area (Å²) in [4.78, 5) is 0. The third-order valence-corrected chi connectivity index (χ3v) is 5.41. The van der Waals surface area contributed by atoms with Gasteiger partial charge in [0.15, 0.2) is 0 Å². The van der Waals surface area contributed by atoms with E-state index in [1.54, 1.807) is 11.1 Å². The van der Waals surface area contributed by atoms with E-state index in [2.05, 4.69) is 74.5 Å². The van der Waals surface area contributed by atoms with Crippen molar-refractivity contribution >= 4 is 16.3 Å². The molecule has 0 heteroatoms. The number of fused-ring (bicyclic) bond motifs is 2. The molecule has 0 spiro atoms. The number of allylic oxidation sites excluding steroid dienone is 2. The maximum atomic E-state index is 2.34. The molecule has 0 amide bonds. The van der Waals surface area contributed by atoms with Crippen molar-refractivity contribution in [2.45, 2.75) is 46.0 Å². The smallest absolute Gasteiger partial charge is 0.00548 e. The van der Waals surface area contributed by atoms with Gasteiger partial charge in [-0.3, -0.25) is 0 Å². The van der Waals surface area contributed by atoms with Gasteiger partial charge in [0, 0.05) is 0 Å². The van der Waals surface area contributed by atoms with E-state index in [4.69, 9.17) is 0 Å². The standard InChI is InChI=1S/C25H26/c1-3-9-19-17-20-13-8-16-24(25(20)22(19)10-4-2)23-15-7-12-18-11-5-6-14-21(18)23/h5-8,11-16H,3-4,9-10,17H2,1-2H3. The number of rotatable bonds is 5. The molecule has 0 nitrogen and oxygen atoms in total. The Morgan fingerprint density at radius 3 is 2.28 bits per heavy atom. The van der Waals surface area contributed by atoms with E-state index in [0.717, 1.165) is 6.42 Å². The summed E-state index contributed by atoms with van der Waals surface area (Å²) < 4.78 is 0. The normalized spacial score (nSPS) is 13.5. The highest BCUT2D eigenvalue weighted by molar-refractivity contribution is 6.00. The van der Waals surface area contributed by atoms with E-state index >= 15 is 0 Å². The van der Waals surface area contributed by atoms with Crippen LogP contribution in [0, 0.1) is 0 Å². The first-order valence-corrected chi connectivity index (χ1v) is 9.64. The van der Waals surface area contributed by atoms with Gasteiger partial charge in [0.1, 0.15) is 0 Å². The molecule has 4 rings (SSSR count). The fraction of sp³-hybridized carbons (Fsp3) is 0.280. The van der Waals surface area contributed by atoms with Gasteiger partial charge >= 0.3 is 0 Å². The molecule has 0 saturated heterocycles. The zero-order valence-electron chi connectivity index (χ0n) is 15.3. The van der Waals surface area contributed by atoms with Crippen molar-refractivity contribution in [2.75, 3.05) is 0 Å². The Hall–Kier alpha value is -2.34. The Bertz CT molecular complexity index is 938.